The Hall–Kier alpha value is -3.99. The molecule has 0 bridgehead atoms. The fourth-order valence-corrected chi connectivity index (χ4v) is 3.46. The topological polar surface area (TPSA) is 112 Å². The summed E-state index contributed by atoms with van der Waals surface area (Å²) in [6.45, 7) is 1.87. The van der Waals surface area contributed by atoms with E-state index in [9.17, 15) is 18.0 Å². The maximum Gasteiger partial charge on any atom is 0.416 e. The number of halogens is 3. The number of benzene rings is 2. The molecule has 2 aromatic carbocycles. The van der Waals surface area contributed by atoms with Crippen LogP contribution in [-0.2, 0) is 19.8 Å². The van der Waals surface area contributed by atoms with E-state index in [1.807, 2.05) is 0 Å². The summed E-state index contributed by atoms with van der Waals surface area (Å²) in [7, 11) is 1.74. The number of nitrogens with two attached hydrogens (primary N) is 1. The summed E-state index contributed by atoms with van der Waals surface area (Å²) in [4.78, 5) is 16.6. The van der Waals surface area contributed by atoms with Crippen LogP contribution in [0.15, 0.2) is 59.4 Å². The number of hydrogen-bond acceptors (Lipinski definition) is 6. The van der Waals surface area contributed by atoms with Crippen molar-refractivity contribution in [3.8, 4) is 22.5 Å². The van der Waals surface area contributed by atoms with Crippen LogP contribution in [0.3, 0.4) is 0 Å². The van der Waals surface area contributed by atoms with Crippen LogP contribution in [0, 0.1) is 0 Å². The van der Waals surface area contributed by atoms with Crippen LogP contribution < -0.4 is 11.1 Å². The number of amides is 1. The quantitative estimate of drug-likeness (QED) is 0.439. The van der Waals surface area contributed by atoms with Gasteiger partial charge in [0.15, 0.2) is 0 Å². The molecule has 4 aromatic rings. The van der Waals surface area contributed by atoms with E-state index >= 15 is 0 Å². The molecular weight excluding hydrogens is 449 g/mol. The number of aryl methyl sites for hydroxylation is 1. The van der Waals surface area contributed by atoms with E-state index in [1.165, 1.54) is 6.07 Å². The zero-order valence-corrected chi connectivity index (χ0v) is 18.3. The van der Waals surface area contributed by atoms with Gasteiger partial charge in [0.1, 0.15) is 0 Å². The molecule has 2 heterocycles. The number of aromatic nitrogens is 4. The Morgan fingerprint density at radius 1 is 1.18 bits per heavy atom. The van der Waals surface area contributed by atoms with Gasteiger partial charge in [-0.15, -0.1) is 0 Å². The predicted molar refractivity (Wildman–Crippen MR) is 117 cm³/mol. The van der Waals surface area contributed by atoms with Crippen LogP contribution in [0.2, 0.25) is 0 Å². The largest absolute Gasteiger partial charge is 0.416 e. The van der Waals surface area contributed by atoms with Crippen molar-refractivity contribution in [2.75, 3.05) is 0 Å². The number of nitrogens with zero attached hydrogens (tertiary/aromatic N) is 4. The average Bonchev–Trinajstić information content (AvgIpc) is 3.47. The van der Waals surface area contributed by atoms with E-state index in [-0.39, 0.29) is 18.3 Å². The lowest BCUT2D eigenvalue weighted by atomic mass is 9.95. The number of carbonyl (C=O) groups excluding carboxylic acids is 1. The van der Waals surface area contributed by atoms with Crippen LogP contribution in [0.25, 0.3) is 22.5 Å². The number of rotatable bonds is 6. The smallest absolute Gasteiger partial charge is 0.341 e. The van der Waals surface area contributed by atoms with Crippen molar-refractivity contribution in [1.29, 1.82) is 0 Å². The second-order valence-corrected chi connectivity index (χ2v) is 7.72. The first-order chi connectivity index (χ1) is 16.2. The Morgan fingerprint density at radius 2 is 1.91 bits per heavy atom. The molecule has 176 valence electrons. The third kappa shape index (κ3) is 4.84. The van der Waals surface area contributed by atoms with Crippen molar-refractivity contribution >= 4 is 5.91 Å². The minimum absolute atomic E-state index is 0.104. The van der Waals surface area contributed by atoms with Gasteiger partial charge in [0.05, 0.1) is 23.4 Å². The molecule has 34 heavy (non-hydrogen) atoms. The summed E-state index contributed by atoms with van der Waals surface area (Å²) >= 11 is 0. The number of carbonyl (C=O) groups is 1. The van der Waals surface area contributed by atoms with E-state index in [1.54, 1.807) is 55.3 Å². The lowest BCUT2D eigenvalue weighted by Crippen LogP contribution is -2.26. The van der Waals surface area contributed by atoms with Crippen LogP contribution in [0.4, 0.5) is 13.2 Å². The fraction of sp³-hybridized carbons (Fsp3) is 0.217. The highest BCUT2D eigenvalue weighted by molar-refractivity contribution is 5.90. The Bertz CT molecular complexity index is 1310. The lowest BCUT2D eigenvalue weighted by molar-refractivity contribution is -0.137. The van der Waals surface area contributed by atoms with E-state index in [4.69, 9.17) is 10.3 Å². The van der Waals surface area contributed by atoms with Crippen molar-refractivity contribution in [3.63, 3.8) is 0 Å². The van der Waals surface area contributed by atoms with Crippen molar-refractivity contribution < 1.29 is 22.5 Å². The van der Waals surface area contributed by atoms with E-state index in [0.29, 0.717) is 22.3 Å². The Balaban J connectivity index is 1.49. The molecule has 0 aliphatic heterocycles. The SMILES string of the molecule is C[C@@H](NC(=O)c1nc(-c2cnn(C)c2)no1)c1ccc(-c2cc(C(F)(F)F)ccc2CN)cc1. The highest BCUT2D eigenvalue weighted by atomic mass is 19.4. The van der Waals surface area contributed by atoms with Gasteiger partial charge in [-0.05, 0) is 41.3 Å². The summed E-state index contributed by atoms with van der Waals surface area (Å²) in [5, 5.41) is 10.6. The molecule has 0 fully saturated rings. The molecule has 0 aliphatic rings. The van der Waals surface area contributed by atoms with Crippen molar-refractivity contribution in [2.24, 2.45) is 12.8 Å². The summed E-state index contributed by atoms with van der Waals surface area (Å²) in [5.74, 6) is -0.506. The summed E-state index contributed by atoms with van der Waals surface area (Å²) in [6, 6.07) is 9.93. The molecule has 3 N–H and O–H groups in total. The molecule has 0 saturated heterocycles. The van der Waals surface area contributed by atoms with Gasteiger partial charge in [-0.2, -0.15) is 23.3 Å². The summed E-state index contributed by atoms with van der Waals surface area (Å²) < 4.78 is 46.1. The molecule has 0 radical (unpaired) electrons. The first-order valence-electron chi connectivity index (χ1n) is 10.3. The van der Waals surface area contributed by atoms with E-state index in [0.717, 1.165) is 17.7 Å². The maximum absolute atomic E-state index is 13.2. The second kappa shape index (κ2) is 9.10. The molecule has 1 atom stereocenters. The minimum atomic E-state index is -4.45. The van der Waals surface area contributed by atoms with Gasteiger partial charge < -0.3 is 15.6 Å². The van der Waals surface area contributed by atoms with E-state index < -0.39 is 23.7 Å². The molecule has 2 aromatic heterocycles. The molecule has 0 aliphatic carbocycles. The van der Waals surface area contributed by atoms with Gasteiger partial charge in [-0.3, -0.25) is 9.48 Å². The van der Waals surface area contributed by atoms with Crippen LogP contribution in [0.5, 0.6) is 0 Å². The maximum atomic E-state index is 13.2. The normalized spacial score (nSPS) is 12.5. The van der Waals surface area contributed by atoms with Crippen molar-refractivity contribution in [1.82, 2.24) is 25.2 Å². The van der Waals surface area contributed by atoms with Crippen LogP contribution in [0.1, 0.15) is 40.3 Å². The average molecular weight is 470 g/mol. The third-order valence-corrected chi connectivity index (χ3v) is 5.31. The van der Waals surface area contributed by atoms with Gasteiger partial charge in [-0.25, -0.2) is 0 Å². The number of alkyl halides is 3. The monoisotopic (exact) mass is 470 g/mol. The summed E-state index contributed by atoms with van der Waals surface area (Å²) in [5.41, 5.74) is 7.93. The Kier molecular flexibility index (Phi) is 6.20. The van der Waals surface area contributed by atoms with Crippen LogP contribution >= 0.6 is 0 Å². The molecular formula is C23H21F3N6O2. The highest BCUT2D eigenvalue weighted by Crippen LogP contribution is 2.34. The number of nitrogens with one attached hydrogen (secondary N) is 1. The summed E-state index contributed by atoms with van der Waals surface area (Å²) in [6.07, 6.45) is -1.21. The number of hydrogen-bond donors (Lipinski definition) is 2. The molecule has 0 saturated carbocycles. The van der Waals surface area contributed by atoms with Gasteiger partial charge in [0.2, 0.25) is 5.82 Å². The predicted octanol–water partition coefficient (Wildman–Crippen LogP) is 4.11. The molecule has 0 spiro atoms. The molecule has 4 rings (SSSR count). The first kappa shape index (κ1) is 23.2. The minimum Gasteiger partial charge on any atom is -0.341 e. The molecule has 8 nitrogen and oxygen atoms in total. The zero-order valence-electron chi connectivity index (χ0n) is 18.3. The van der Waals surface area contributed by atoms with Gasteiger partial charge in [0, 0.05) is 19.8 Å². The fourth-order valence-electron chi connectivity index (χ4n) is 3.46. The molecule has 1 amide bonds. The third-order valence-electron chi connectivity index (χ3n) is 5.31. The Morgan fingerprint density at radius 3 is 2.53 bits per heavy atom. The van der Waals surface area contributed by atoms with E-state index in [2.05, 4.69) is 20.6 Å². The van der Waals surface area contributed by atoms with Gasteiger partial charge in [-0.1, -0.05) is 35.5 Å². The first-order valence-corrected chi connectivity index (χ1v) is 10.3. The Labute approximate surface area is 192 Å². The highest BCUT2D eigenvalue weighted by Gasteiger charge is 2.31. The van der Waals surface area contributed by atoms with Crippen molar-refractivity contribution in [2.45, 2.75) is 25.7 Å². The molecule has 11 heteroatoms. The zero-order chi connectivity index (χ0) is 24.5. The lowest BCUT2D eigenvalue weighted by Gasteiger charge is -2.15. The van der Waals surface area contributed by atoms with Gasteiger partial charge >= 0.3 is 18.0 Å². The van der Waals surface area contributed by atoms with Crippen molar-refractivity contribution in [3.05, 3.63) is 77.4 Å². The van der Waals surface area contributed by atoms with Crippen LogP contribution in [-0.4, -0.2) is 25.8 Å². The van der Waals surface area contributed by atoms with Gasteiger partial charge in [0.25, 0.3) is 0 Å². The second-order valence-electron chi connectivity index (χ2n) is 7.72. The standard InChI is InChI=1S/C23H21F3N6O2/c1-13(29-21(33)22-30-20(31-34-22)17-11-28-32(2)12-17)14-3-5-15(6-4-14)19-9-18(23(24,25)26)8-7-16(19)10-27/h3-9,11-13H,10,27H2,1-2H3,(H,29,33)/t13-/m1/s1. The molecule has 0 unspecified atom stereocenters.